The van der Waals surface area contributed by atoms with E-state index in [0.29, 0.717) is 32.8 Å². The average molecular weight is 1400 g/mol. The maximum atomic E-state index is 11.7. The van der Waals surface area contributed by atoms with E-state index in [1.165, 1.54) is 153 Å². The summed E-state index contributed by atoms with van der Waals surface area (Å²) in [4.78, 5) is 11.1. The number of allylic oxidation sites excluding steroid dienone is 5. The van der Waals surface area contributed by atoms with Crippen LogP contribution in [0.3, 0.4) is 0 Å². The fourth-order valence-corrected chi connectivity index (χ4v) is 13.5. The van der Waals surface area contributed by atoms with Crippen LogP contribution in [-0.4, -0.2) is 78.1 Å². The van der Waals surface area contributed by atoms with Gasteiger partial charge in [-0.1, -0.05) is 159 Å². The van der Waals surface area contributed by atoms with Gasteiger partial charge in [-0.3, -0.25) is 9.98 Å². The van der Waals surface area contributed by atoms with Gasteiger partial charge in [-0.15, -0.1) is 0 Å². The standard InChI is InChI=1S/C47H49N3O7S2.C36H62N4.Na/c1-6-49(31-35-11-9-13-43(29-35)58(51,52)53)40-21-25-45(33(4)27-40)47(37-15-17-38(18-16-37)48-39-19-23-42(24-20-39)57-8-3)46-26-22-41(28-34(46)5)50(7-2)32-36-12-10-14-44(30-36)59(54,55)56;1-3-5-7-9-15-19-27-37-35-23-31-39(32-24-35)29-21-17-13-11-12-14-18-22-30-40-33-25-36(26-34-40)38-28-20-16-10-8-6-4-2;/h9-30H,6-8,31-32H2,1-5H3,(H2,51,52,53,54,55,56);23-26,31-34H,3-22,27-30H2,1-2H3;/q;;+1/p-1. The van der Waals surface area contributed by atoms with Gasteiger partial charge < -0.3 is 33.2 Å². The van der Waals surface area contributed by atoms with E-state index >= 15 is 0 Å². The Kier molecular flexibility index (Phi) is 36.5. The molecule has 1 aliphatic carbocycles. The van der Waals surface area contributed by atoms with E-state index in [9.17, 15) is 25.9 Å². The van der Waals surface area contributed by atoms with E-state index in [1.807, 2.05) is 57.2 Å². The Morgan fingerprint density at radius 1 is 0.540 bits per heavy atom. The van der Waals surface area contributed by atoms with Gasteiger partial charge in [-0.2, -0.15) is 0 Å². The summed E-state index contributed by atoms with van der Waals surface area (Å²) in [7, 11) is -9.15. The third-order valence-electron chi connectivity index (χ3n) is 18.1. The van der Waals surface area contributed by atoms with Crippen molar-refractivity contribution < 1.29 is 64.8 Å². The molecule has 17 heteroatoms. The molecule has 0 radical (unpaired) electrons. The third-order valence-corrected chi connectivity index (χ3v) is 19.8. The van der Waals surface area contributed by atoms with Crippen LogP contribution in [0.2, 0.25) is 0 Å². The van der Waals surface area contributed by atoms with Crippen molar-refractivity contribution in [3.8, 4) is 5.75 Å². The molecule has 1 N–H and O–H groups in total. The van der Waals surface area contributed by atoms with E-state index in [2.05, 4.69) is 161 Å². The normalized spacial score (nSPS) is 13.2. The Balaban J connectivity index is 0.000000337. The fourth-order valence-electron chi connectivity index (χ4n) is 12.5. The van der Waals surface area contributed by atoms with Gasteiger partial charge in [0.05, 0.1) is 27.1 Å². The fraction of sp³-hybridized carbons (Fsp3) is 0.434. The van der Waals surface area contributed by atoms with E-state index in [1.54, 1.807) is 12.1 Å². The van der Waals surface area contributed by atoms with E-state index < -0.39 is 20.2 Å². The Bertz CT molecular complexity index is 4020. The summed E-state index contributed by atoms with van der Waals surface area (Å²) >= 11 is 0. The first-order chi connectivity index (χ1) is 48.0. The molecule has 7 aromatic rings. The number of unbranched alkanes of at least 4 members (excludes halogenated alkanes) is 17. The molecule has 0 saturated carbocycles. The largest absolute Gasteiger partial charge is 1.00 e. The second-order valence-corrected chi connectivity index (χ2v) is 28.7. The number of aromatic nitrogens is 2. The van der Waals surface area contributed by atoms with Crippen LogP contribution in [0.5, 0.6) is 5.75 Å². The van der Waals surface area contributed by atoms with Crippen LogP contribution in [0.4, 0.5) is 17.1 Å². The van der Waals surface area contributed by atoms with Gasteiger partial charge in [-0.05, 0) is 202 Å². The molecule has 0 unspecified atom stereocenters. The molecule has 100 heavy (non-hydrogen) atoms. The molecule has 0 aliphatic heterocycles. The summed E-state index contributed by atoms with van der Waals surface area (Å²) in [6.45, 7) is 21.7. The Morgan fingerprint density at radius 2 is 1.02 bits per heavy atom. The summed E-state index contributed by atoms with van der Waals surface area (Å²) < 4.78 is 82.7. The second kappa shape index (κ2) is 44.5. The summed E-state index contributed by atoms with van der Waals surface area (Å²) in [6, 6.07) is 43.5. The van der Waals surface area contributed by atoms with Crippen molar-refractivity contribution in [1.82, 2.24) is 9.13 Å². The first-order valence-electron chi connectivity index (χ1n) is 36.6. The summed E-state index contributed by atoms with van der Waals surface area (Å²) in [5.74, 6) is 0.812. The predicted molar refractivity (Wildman–Crippen MR) is 406 cm³/mol. The molecule has 14 nitrogen and oxygen atoms in total. The van der Waals surface area contributed by atoms with Gasteiger partial charge in [0.15, 0.2) is 12.3 Å². The minimum Gasteiger partial charge on any atom is -0.744 e. The summed E-state index contributed by atoms with van der Waals surface area (Å²) in [6.07, 6.45) is 41.8. The molecular weight excluding hydrogens is 1290 g/mol. The average Bonchev–Trinajstić information content (AvgIpc) is 0.778. The van der Waals surface area contributed by atoms with E-state index in [-0.39, 0.29) is 39.3 Å². The number of nitrogens with zero attached hydrogens (tertiary/aromatic N) is 6. The van der Waals surface area contributed by atoms with Crippen molar-refractivity contribution in [3.05, 3.63) is 232 Å². The topological polar surface area (TPSA) is 176 Å². The number of rotatable bonds is 40. The van der Waals surface area contributed by atoms with Crippen molar-refractivity contribution >= 4 is 48.6 Å². The van der Waals surface area contributed by atoms with Crippen LogP contribution >= 0.6 is 0 Å². The number of nitrogens with one attached hydrogen (secondary N) is 1. The van der Waals surface area contributed by atoms with E-state index in [0.717, 1.165) is 110 Å². The van der Waals surface area contributed by atoms with Crippen molar-refractivity contribution in [1.29, 1.82) is 0 Å². The van der Waals surface area contributed by atoms with Gasteiger partial charge in [0.2, 0.25) is 0 Å². The number of anilines is 3. The number of ether oxygens (including phenoxy) is 1. The molecule has 1 aliphatic rings. The number of hydrogen-bond acceptors (Lipinski definition) is 11. The van der Waals surface area contributed by atoms with Crippen molar-refractivity contribution in [2.45, 2.75) is 213 Å². The monoisotopic (exact) mass is 1400 g/mol. The van der Waals surface area contributed by atoms with Crippen LogP contribution in [-0.2, 0) is 46.4 Å². The molecule has 2 aromatic heterocycles. The molecule has 0 fully saturated rings. The first-order valence-corrected chi connectivity index (χ1v) is 39.4. The maximum absolute atomic E-state index is 11.7. The Morgan fingerprint density at radius 3 is 1.49 bits per heavy atom. The third kappa shape index (κ3) is 28.5. The Hall–Kier alpha value is -6.89. The van der Waals surface area contributed by atoms with Crippen LogP contribution in [0, 0.1) is 6.92 Å². The molecule has 0 atom stereocenters. The van der Waals surface area contributed by atoms with Gasteiger partial charge in [-0.25, -0.2) is 21.4 Å². The van der Waals surface area contributed by atoms with Crippen LogP contribution in [0.15, 0.2) is 213 Å². The summed E-state index contributed by atoms with van der Waals surface area (Å²) in [5, 5.41) is 5.75. The molecule has 0 saturated heterocycles. The van der Waals surface area contributed by atoms with Crippen LogP contribution < -0.4 is 55.2 Å². The molecular formula is C83H110N7NaO7S2. The van der Waals surface area contributed by atoms with Crippen molar-refractivity contribution in [2.24, 2.45) is 9.98 Å². The van der Waals surface area contributed by atoms with Crippen LogP contribution in [0.1, 0.15) is 198 Å². The van der Waals surface area contributed by atoms with Gasteiger partial charge >= 0.3 is 29.6 Å². The molecule has 532 valence electrons. The van der Waals surface area contributed by atoms with E-state index in [4.69, 9.17) is 14.7 Å². The van der Waals surface area contributed by atoms with Gasteiger partial charge in [0.25, 0.3) is 0 Å². The number of pyridine rings is 2. The zero-order valence-corrected chi connectivity index (χ0v) is 64.8. The minimum atomic E-state index is -4.58. The number of benzene rings is 5. The minimum absolute atomic E-state index is 0. The number of aryl methyl sites for hydroxylation is 3. The first kappa shape index (κ1) is 82.1. The second-order valence-electron chi connectivity index (χ2n) is 26.0. The molecule has 5 aromatic carbocycles. The van der Waals surface area contributed by atoms with Gasteiger partial charge in [0, 0.05) is 98.8 Å². The zero-order chi connectivity index (χ0) is 70.7. The molecule has 8 rings (SSSR count). The van der Waals surface area contributed by atoms with Crippen molar-refractivity contribution in [2.75, 3.05) is 43.0 Å². The molecule has 0 spiro atoms. The quantitative estimate of drug-likeness (QED) is 0.0169. The maximum Gasteiger partial charge on any atom is 1.00 e. The zero-order valence-electron chi connectivity index (χ0n) is 61.2. The summed E-state index contributed by atoms with van der Waals surface area (Å²) in [5.41, 5.74) is 11.4. The SMILES string of the molecule is CCCCCCCCN=c1ccn(CCCCCCCCCCn2ccc(=NCCCCCCCC)cc2)cc1.CCOc1ccc(Nc2ccc(/C(=C3\C=CC(=[N+](CC)Cc4cccc(S(=O)(=O)[O-])c4)C=C3C)c3ccc(N(CC)Cc4cccc(S(=O)(=O)[O-])c4)cc3C)cc2)cc1.[Na+]. The molecule has 0 amide bonds. The Labute approximate surface area is 621 Å². The van der Waals surface area contributed by atoms with Gasteiger partial charge in [0.1, 0.15) is 32.5 Å². The molecule has 0 bridgehead atoms. The van der Waals surface area contributed by atoms with Crippen molar-refractivity contribution in [3.63, 3.8) is 0 Å². The van der Waals surface area contributed by atoms with Crippen LogP contribution in [0.25, 0.3) is 5.57 Å². The predicted octanol–water partition coefficient (Wildman–Crippen LogP) is 15.6. The molecule has 2 heterocycles. The smallest absolute Gasteiger partial charge is 0.744 e. The number of hydrogen-bond donors (Lipinski definition) is 1.